The largest absolute Gasteiger partial charge is 0.447 e. The van der Waals surface area contributed by atoms with Gasteiger partial charge in [-0.1, -0.05) is 22.9 Å². The highest BCUT2D eigenvalue weighted by atomic mass is 35.5. The zero-order valence-corrected chi connectivity index (χ0v) is 12.6. The highest BCUT2D eigenvalue weighted by Crippen LogP contribution is 2.35. The molecule has 7 heteroatoms. The van der Waals surface area contributed by atoms with Crippen LogP contribution in [-0.2, 0) is 0 Å². The molecule has 1 N–H and O–H groups in total. The van der Waals surface area contributed by atoms with E-state index in [-0.39, 0.29) is 0 Å². The third kappa shape index (κ3) is 3.12. The third-order valence-corrected chi connectivity index (χ3v) is 3.89. The van der Waals surface area contributed by atoms with Gasteiger partial charge >= 0.3 is 0 Å². The van der Waals surface area contributed by atoms with Gasteiger partial charge < -0.3 is 4.74 Å². The smallest absolute Gasteiger partial charge is 0.181 e. The zero-order valence-electron chi connectivity index (χ0n) is 11.1. The van der Waals surface area contributed by atoms with Crippen molar-refractivity contribution >= 4 is 29.2 Å². The summed E-state index contributed by atoms with van der Waals surface area (Å²) < 4.78 is 5.78. The first-order valence-electron chi connectivity index (χ1n) is 6.13. The lowest BCUT2D eigenvalue weighted by molar-refractivity contribution is 0.496. The van der Waals surface area contributed by atoms with Crippen molar-refractivity contribution < 1.29 is 4.74 Å². The van der Waals surface area contributed by atoms with Gasteiger partial charge in [-0.3, -0.25) is 4.99 Å². The van der Waals surface area contributed by atoms with Crippen LogP contribution in [0.1, 0.15) is 5.69 Å². The van der Waals surface area contributed by atoms with E-state index in [4.69, 9.17) is 16.3 Å². The van der Waals surface area contributed by atoms with Gasteiger partial charge in [0.1, 0.15) is 17.1 Å². The molecular weight excluding hydrogens is 308 g/mol. The molecule has 0 saturated heterocycles. The van der Waals surface area contributed by atoms with Crippen molar-refractivity contribution in [3.8, 4) is 21.4 Å². The summed E-state index contributed by atoms with van der Waals surface area (Å²) in [5.74, 6) is 0.739. The number of aliphatic imine (C=N–C) groups is 1. The van der Waals surface area contributed by atoms with Crippen LogP contribution in [0.25, 0.3) is 10.6 Å². The van der Waals surface area contributed by atoms with Crippen molar-refractivity contribution in [2.24, 2.45) is 4.99 Å². The second-order valence-corrected chi connectivity index (χ2v) is 5.60. The Labute approximate surface area is 130 Å². The SMILES string of the molecule is CN=Cc1n[nH]nc1-c1ccc(Oc2ccc(Cl)cc2)s1. The molecule has 0 spiro atoms. The van der Waals surface area contributed by atoms with Gasteiger partial charge in [0.25, 0.3) is 0 Å². The molecule has 0 aliphatic heterocycles. The van der Waals surface area contributed by atoms with E-state index in [1.807, 2.05) is 24.3 Å². The van der Waals surface area contributed by atoms with Crippen molar-refractivity contribution in [1.82, 2.24) is 15.4 Å². The van der Waals surface area contributed by atoms with Crippen molar-refractivity contribution in [2.75, 3.05) is 7.05 Å². The molecule has 0 unspecified atom stereocenters. The van der Waals surface area contributed by atoms with Gasteiger partial charge in [-0.25, -0.2) is 0 Å². The Morgan fingerprint density at radius 2 is 2.00 bits per heavy atom. The summed E-state index contributed by atoms with van der Waals surface area (Å²) in [7, 11) is 1.70. The first-order valence-corrected chi connectivity index (χ1v) is 7.32. The molecule has 0 bridgehead atoms. The fourth-order valence-electron chi connectivity index (χ4n) is 1.75. The fourth-order valence-corrected chi connectivity index (χ4v) is 2.75. The van der Waals surface area contributed by atoms with Crippen LogP contribution in [-0.4, -0.2) is 28.7 Å². The summed E-state index contributed by atoms with van der Waals surface area (Å²) in [6.07, 6.45) is 1.66. The maximum absolute atomic E-state index is 5.85. The number of hydrogen-bond donors (Lipinski definition) is 1. The second-order valence-electron chi connectivity index (χ2n) is 4.12. The van der Waals surface area contributed by atoms with Crippen molar-refractivity contribution in [1.29, 1.82) is 0 Å². The lowest BCUT2D eigenvalue weighted by Gasteiger charge is -2.01. The number of ether oxygens (including phenoxy) is 1. The molecule has 0 amide bonds. The molecule has 2 aromatic heterocycles. The van der Waals surface area contributed by atoms with Gasteiger partial charge in [0, 0.05) is 12.1 Å². The molecule has 2 heterocycles. The van der Waals surface area contributed by atoms with Gasteiger partial charge in [0.2, 0.25) is 0 Å². The maximum Gasteiger partial charge on any atom is 0.181 e. The van der Waals surface area contributed by atoms with E-state index in [1.54, 1.807) is 25.4 Å². The number of aromatic amines is 1. The minimum absolute atomic E-state index is 0.681. The molecule has 0 aliphatic carbocycles. The van der Waals surface area contributed by atoms with E-state index in [9.17, 15) is 0 Å². The van der Waals surface area contributed by atoms with E-state index in [0.29, 0.717) is 10.7 Å². The van der Waals surface area contributed by atoms with E-state index in [1.165, 1.54) is 11.3 Å². The van der Waals surface area contributed by atoms with Crippen LogP contribution in [0.5, 0.6) is 10.8 Å². The number of aromatic nitrogens is 3. The number of rotatable bonds is 4. The van der Waals surface area contributed by atoms with Gasteiger partial charge in [-0.05, 0) is 36.4 Å². The minimum atomic E-state index is 0.681. The molecule has 0 atom stereocenters. The molecule has 3 aromatic rings. The average Bonchev–Trinajstić information content (AvgIpc) is 3.11. The topological polar surface area (TPSA) is 63.2 Å². The fraction of sp³-hybridized carbons (Fsp3) is 0.0714. The number of H-pyrrole nitrogens is 1. The predicted molar refractivity (Wildman–Crippen MR) is 84.7 cm³/mol. The number of nitrogens with one attached hydrogen (secondary N) is 1. The standard InChI is InChI=1S/C14H11ClN4OS/c1-16-8-11-14(18-19-17-11)12-6-7-13(21-12)20-10-4-2-9(15)3-5-10/h2-8H,1H3,(H,17,18,19). The molecule has 1 aromatic carbocycles. The highest BCUT2D eigenvalue weighted by molar-refractivity contribution is 7.17. The summed E-state index contributed by atoms with van der Waals surface area (Å²) in [5.41, 5.74) is 1.47. The third-order valence-electron chi connectivity index (χ3n) is 2.67. The Bertz CT molecular complexity index is 763. The van der Waals surface area contributed by atoms with E-state index < -0.39 is 0 Å². The number of hydrogen-bond acceptors (Lipinski definition) is 5. The number of benzene rings is 1. The zero-order chi connectivity index (χ0) is 14.7. The highest BCUT2D eigenvalue weighted by Gasteiger charge is 2.12. The first kappa shape index (κ1) is 13.8. The summed E-state index contributed by atoms with van der Waals surface area (Å²) in [4.78, 5) is 4.92. The average molecular weight is 319 g/mol. The quantitative estimate of drug-likeness (QED) is 0.739. The summed E-state index contributed by atoms with van der Waals surface area (Å²) in [6.45, 7) is 0. The Morgan fingerprint density at radius 1 is 1.19 bits per heavy atom. The molecule has 0 saturated carbocycles. The van der Waals surface area contributed by atoms with Gasteiger partial charge in [-0.2, -0.15) is 15.4 Å². The van der Waals surface area contributed by atoms with Crippen LogP contribution in [0.4, 0.5) is 0 Å². The molecular formula is C14H11ClN4OS. The molecule has 3 rings (SSSR count). The van der Waals surface area contributed by atoms with Crippen molar-refractivity contribution in [3.05, 3.63) is 47.1 Å². The van der Waals surface area contributed by atoms with Gasteiger partial charge in [-0.15, -0.1) is 0 Å². The Kier molecular flexibility index (Phi) is 3.98. The minimum Gasteiger partial charge on any atom is -0.447 e. The molecule has 0 radical (unpaired) electrons. The Balaban J connectivity index is 1.83. The molecule has 21 heavy (non-hydrogen) atoms. The monoisotopic (exact) mass is 318 g/mol. The van der Waals surface area contributed by atoms with Crippen LogP contribution in [0, 0.1) is 0 Å². The summed E-state index contributed by atoms with van der Waals surface area (Å²) in [5, 5.41) is 12.3. The van der Waals surface area contributed by atoms with Crippen LogP contribution >= 0.6 is 22.9 Å². The summed E-state index contributed by atoms with van der Waals surface area (Å²) >= 11 is 7.34. The normalized spacial score (nSPS) is 11.1. The van der Waals surface area contributed by atoms with E-state index >= 15 is 0 Å². The van der Waals surface area contributed by atoms with Crippen LogP contribution < -0.4 is 4.74 Å². The van der Waals surface area contributed by atoms with Crippen molar-refractivity contribution in [3.63, 3.8) is 0 Å². The second kappa shape index (κ2) is 6.07. The molecule has 0 fully saturated rings. The maximum atomic E-state index is 5.85. The van der Waals surface area contributed by atoms with Crippen LogP contribution in [0.2, 0.25) is 5.02 Å². The van der Waals surface area contributed by atoms with Crippen molar-refractivity contribution in [2.45, 2.75) is 0 Å². The van der Waals surface area contributed by atoms with Crippen LogP contribution in [0.3, 0.4) is 0 Å². The van der Waals surface area contributed by atoms with Crippen LogP contribution in [0.15, 0.2) is 41.4 Å². The molecule has 106 valence electrons. The lowest BCUT2D eigenvalue weighted by Crippen LogP contribution is -1.84. The van der Waals surface area contributed by atoms with E-state index in [0.717, 1.165) is 21.4 Å². The summed E-state index contributed by atoms with van der Waals surface area (Å²) in [6, 6.07) is 11.1. The van der Waals surface area contributed by atoms with E-state index in [2.05, 4.69) is 20.4 Å². The Hall–Kier alpha value is -2.18. The molecule has 5 nitrogen and oxygen atoms in total. The Morgan fingerprint density at radius 3 is 2.76 bits per heavy atom. The number of nitrogens with zero attached hydrogens (tertiary/aromatic N) is 3. The van der Waals surface area contributed by atoms with Gasteiger partial charge in [0.15, 0.2) is 5.06 Å². The van der Waals surface area contributed by atoms with Gasteiger partial charge in [0.05, 0.1) is 11.1 Å². The lowest BCUT2D eigenvalue weighted by atomic mass is 10.3. The predicted octanol–water partition coefficient (Wildman–Crippen LogP) is 4.03. The first-order chi connectivity index (χ1) is 10.3. The molecule has 0 aliphatic rings. The number of halogens is 1. The number of thiophene rings is 1.